The monoisotopic (exact) mass is 233 g/mol. The normalized spacial score (nSPS) is 10.2. The van der Waals surface area contributed by atoms with Gasteiger partial charge in [0.05, 0.1) is 5.69 Å². The molecule has 0 spiro atoms. The number of aromatic hydroxyl groups is 2. The van der Waals surface area contributed by atoms with Crippen molar-refractivity contribution in [1.29, 1.82) is 0 Å². The van der Waals surface area contributed by atoms with Crippen LogP contribution >= 0.6 is 0 Å². The van der Waals surface area contributed by atoms with E-state index in [0.717, 1.165) is 5.56 Å². The van der Waals surface area contributed by atoms with Crippen molar-refractivity contribution in [3.05, 3.63) is 53.8 Å². The first-order valence-electron chi connectivity index (χ1n) is 5.16. The molecule has 2 rings (SSSR count). The molecule has 3 nitrogen and oxygen atoms in total. The van der Waals surface area contributed by atoms with Crippen LogP contribution in [0.1, 0.15) is 5.56 Å². The Morgan fingerprint density at radius 3 is 2.47 bits per heavy atom. The van der Waals surface area contributed by atoms with E-state index in [4.69, 9.17) is 5.11 Å². The first-order valence-corrected chi connectivity index (χ1v) is 5.16. The van der Waals surface area contributed by atoms with Gasteiger partial charge in [-0.15, -0.1) is 0 Å². The smallest absolute Gasteiger partial charge is 0.157 e. The summed E-state index contributed by atoms with van der Waals surface area (Å²) >= 11 is 0. The second-order valence-corrected chi connectivity index (χ2v) is 3.66. The third-order valence-electron chi connectivity index (χ3n) is 2.40. The van der Waals surface area contributed by atoms with Crippen molar-refractivity contribution in [2.24, 2.45) is 0 Å². The highest BCUT2D eigenvalue weighted by atomic mass is 19.1. The van der Waals surface area contributed by atoms with Crippen LogP contribution in [0.3, 0.4) is 0 Å². The summed E-state index contributed by atoms with van der Waals surface area (Å²) in [6, 6.07) is 10.8. The van der Waals surface area contributed by atoms with Crippen LogP contribution in [0, 0.1) is 5.82 Å². The fraction of sp³-hybridized carbons (Fsp3) is 0.0769. The lowest BCUT2D eigenvalue weighted by Crippen LogP contribution is -2.00. The van der Waals surface area contributed by atoms with Crippen molar-refractivity contribution < 1.29 is 14.6 Å². The molecule has 17 heavy (non-hydrogen) atoms. The molecule has 88 valence electrons. The predicted molar refractivity (Wildman–Crippen MR) is 63.5 cm³/mol. The molecule has 0 aliphatic heterocycles. The van der Waals surface area contributed by atoms with Gasteiger partial charge in [-0.25, -0.2) is 4.39 Å². The molecule has 0 aliphatic carbocycles. The molecule has 0 bridgehead atoms. The highest BCUT2D eigenvalue weighted by Gasteiger charge is 2.02. The molecule has 0 saturated carbocycles. The molecule has 0 fully saturated rings. The number of benzene rings is 2. The van der Waals surface area contributed by atoms with Gasteiger partial charge < -0.3 is 15.5 Å². The van der Waals surface area contributed by atoms with E-state index < -0.39 is 0 Å². The molecule has 2 aromatic rings. The van der Waals surface area contributed by atoms with Crippen molar-refractivity contribution >= 4 is 5.69 Å². The summed E-state index contributed by atoms with van der Waals surface area (Å²) in [6.07, 6.45) is 0. The Balaban J connectivity index is 2.08. The lowest BCUT2D eigenvalue weighted by atomic mass is 10.2. The summed E-state index contributed by atoms with van der Waals surface area (Å²) in [4.78, 5) is 0. The number of rotatable bonds is 3. The molecule has 2 aromatic carbocycles. The van der Waals surface area contributed by atoms with Gasteiger partial charge in [0.25, 0.3) is 0 Å². The topological polar surface area (TPSA) is 52.5 Å². The van der Waals surface area contributed by atoms with Gasteiger partial charge >= 0.3 is 0 Å². The average molecular weight is 233 g/mol. The Morgan fingerprint density at radius 2 is 1.76 bits per heavy atom. The average Bonchev–Trinajstić information content (AvgIpc) is 2.32. The van der Waals surface area contributed by atoms with Gasteiger partial charge in [0.1, 0.15) is 5.82 Å². The number of hydrogen-bond acceptors (Lipinski definition) is 3. The number of phenolic OH excluding ortho intramolecular Hbond substituents is 2. The first-order chi connectivity index (χ1) is 8.16. The number of halogens is 1. The molecule has 0 amide bonds. The fourth-order valence-electron chi connectivity index (χ4n) is 1.48. The number of phenols is 2. The van der Waals surface area contributed by atoms with Crippen LogP contribution in [-0.4, -0.2) is 10.2 Å². The van der Waals surface area contributed by atoms with Crippen LogP contribution in [0.25, 0.3) is 0 Å². The first kappa shape index (κ1) is 11.3. The number of hydrogen-bond donors (Lipinski definition) is 3. The molecular formula is C13H12FNO2. The predicted octanol–water partition coefficient (Wildman–Crippen LogP) is 2.85. The summed E-state index contributed by atoms with van der Waals surface area (Å²) in [5.74, 6) is -0.673. The summed E-state index contributed by atoms with van der Waals surface area (Å²) in [5.41, 5.74) is 1.16. The maximum absolute atomic E-state index is 13.3. The van der Waals surface area contributed by atoms with E-state index in [9.17, 15) is 9.50 Å². The van der Waals surface area contributed by atoms with Crippen molar-refractivity contribution in [3.63, 3.8) is 0 Å². The molecule has 0 saturated heterocycles. The summed E-state index contributed by atoms with van der Waals surface area (Å²) in [5, 5.41) is 21.4. The lowest BCUT2D eigenvalue weighted by molar-refractivity contribution is 0.403. The Bertz CT molecular complexity index is 529. The Labute approximate surface area is 98.2 Å². The highest BCUT2D eigenvalue weighted by molar-refractivity contribution is 5.46. The van der Waals surface area contributed by atoms with Crippen molar-refractivity contribution in [1.82, 2.24) is 0 Å². The van der Waals surface area contributed by atoms with Crippen LogP contribution in [0.4, 0.5) is 10.1 Å². The molecule has 0 unspecified atom stereocenters. The molecule has 0 heterocycles. The summed E-state index contributed by atoms with van der Waals surface area (Å²) < 4.78 is 13.3. The molecular weight excluding hydrogens is 221 g/mol. The van der Waals surface area contributed by atoms with E-state index >= 15 is 0 Å². The van der Waals surface area contributed by atoms with Gasteiger partial charge in [0, 0.05) is 6.54 Å². The third kappa shape index (κ3) is 2.66. The second kappa shape index (κ2) is 4.74. The summed E-state index contributed by atoms with van der Waals surface area (Å²) in [7, 11) is 0. The SMILES string of the molecule is Oc1ccc(CNc2ccccc2F)cc1O. The number of nitrogens with one attached hydrogen (secondary N) is 1. The third-order valence-corrected chi connectivity index (χ3v) is 2.40. The quantitative estimate of drug-likeness (QED) is 0.714. The number of anilines is 1. The van der Waals surface area contributed by atoms with E-state index in [1.807, 2.05) is 0 Å². The van der Waals surface area contributed by atoms with Crippen LogP contribution in [0.2, 0.25) is 0 Å². The van der Waals surface area contributed by atoms with Gasteiger partial charge in [0.2, 0.25) is 0 Å². The van der Waals surface area contributed by atoms with E-state index in [1.54, 1.807) is 24.3 Å². The Morgan fingerprint density at radius 1 is 1.00 bits per heavy atom. The molecule has 0 atom stereocenters. The van der Waals surface area contributed by atoms with Crippen molar-refractivity contribution in [3.8, 4) is 11.5 Å². The van der Waals surface area contributed by atoms with Gasteiger partial charge in [-0.3, -0.25) is 0 Å². The Kier molecular flexibility index (Phi) is 3.14. The van der Waals surface area contributed by atoms with E-state index in [2.05, 4.69) is 5.32 Å². The molecule has 3 N–H and O–H groups in total. The van der Waals surface area contributed by atoms with E-state index in [0.29, 0.717) is 12.2 Å². The van der Waals surface area contributed by atoms with Gasteiger partial charge in [-0.2, -0.15) is 0 Å². The second-order valence-electron chi connectivity index (χ2n) is 3.66. The van der Waals surface area contributed by atoms with Crippen molar-refractivity contribution in [2.75, 3.05) is 5.32 Å². The zero-order valence-corrected chi connectivity index (χ0v) is 9.02. The maximum Gasteiger partial charge on any atom is 0.157 e. The van der Waals surface area contributed by atoms with E-state index in [-0.39, 0.29) is 17.3 Å². The summed E-state index contributed by atoms with van der Waals surface area (Å²) in [6.45, 7) is 0.370. The molecule has 0 radical (unpaired) electrons. The van der Waals surface area contributed by atoms with Crippen LogP contribution in [0.15, 0.2) is 42.5 Å². The highest BCUT2D eigenvalue weighted by Crippen LogP contribution is 2.25. The zero-order chi connectivity index (χ0) is 12.3. The van der Waals surface area contributed by atoms with Gasteiger partial charge in [0.15, 0.2) is 11.5 Å². The zero-order valence-electron chi connectivity index (χ0n) is 9.02. The fourth-order valence-corrected chi connectivity index (χ4v) is 1.48. The van der Waals surface area contributed by atoms with Crippen LogP contribution in [-0.2, 0) is 6.54 Å². The van der Waals surface area contributed by atoms with Crippen LogP contribution < -0.4 is 5.32 Å². The molecule has 0 aliphatic rings. The largest absolute Gasteiger partial charge is 0.504 e. The standard InChI is InChI=1S/C13H12FNO2/c14-10-3-1-2-4-11(10)15-8-9-5-6-12(16)13(17)7-9/h1-7,15-17H,8H2. The minimum absolute atomic E-state index is 0.167. The molecule has 0 aromatic heterocycles. The Hall–Kier alpha value is -2.23. The van der Waals surface area contributed by atoms with Crippen LogP contribution in [0.5, 0.6) is 11.5 Å². The number of para-hydroxylation sites is 1. The van der Waals surface area contributed by atoms with Gasteiger partial charge in [-0.1, -0.05) is 18.2 Å². The lowest BCUT2D eigenvalue weighted by Gasteiger charge is -2.08. The minimum Gasteiger partial charge on any atom is -0.504 e. The maximum atomic E-state index is 13.3. The van der Waals surface area contributed by atoms with Crippen molar-refractivity contribution in [2.45, 2.75) is 6.54 Å². The minimum atomic E-state index is -0.324. The van der Waals surface area contributed by atoms with E-state index in [1.165, 1.54) is 18.2 Å². The van der Waals surface area contributed by atoms with Gasteiger partial charge in [-0.05, 0) is 29.8 Å². The molecule has 4 heteroatoms.